The summed E-state index contributed by atoms with van der Waals surface area (Å²) < 4.78 is 5.45. The zero-order valence-electron chi connectivity index (χ0n) is 15.2. The summed E-state index contributed by atoms with van der Waals surface area (Å²) in [4.78, 5) is 23.6. The molecule has 138 valence electrons. The van der Waals surface area contributed by atoms with Gasteiger partial charge in [0.15, 0.2) is 0 Å². The Morgan fingerprint density at radius 1 is 1.37 bits per heavy atom. The molecule has 7 heteroatoms. The van der Waals surface area contributed by atoms with Gasteiger partial charge in [-0.25, -0.2) is 9.97 Å². The SMILES string of the molecule is COc1nc2c(cc1CNc1cc(C#N)ccn1)C(=O)N(C1CCCC1)C2. The van der Waals surface area contributed by atoms with Crippen LogP contribution in [0.2, 0.25) is 0 Å². The Kier molecular flexibility index (Phi) is 4.63. The predicted molar refractivity (Wildman–Crippen MR) is 99.2 cm³/mol. The summed E-state index contributed by atoms with van der Waals surface area (Å²) in [5.41, 5.74) is 2.78. The number of nitrogens with one attached hydrogen (secondary N) is 1. The van der Waals surface area contributed by atoms with Gasteiger partial charge in [-0.1, -0.05) is 12.8 Å². The standard InChI is InChI=1S/C20H21N5O2/c1-27-19-14(11-23-18-8-13(10-21)6-7-22-18)9-16-17(24-19)12-25(20(16)26)15-4-2-3-5-15/h6-9,15H,2-5,11-12H2,1H3,(H,22,23). The van der Waals surface area contributed by atoms with E-state index in [4.69, 9.17) is 10.00 Å². The quantitative estimate of drug-likeness (QED) is 0.878. The summed E-state index contributed by atoms with van der Waals surface area (Å²) >= 11 is 0. The fraction of sp³-hybridized carbons (Fsp3) is 0.400. The van der Waals surface area contributed by atoms with Crippen molar-refractivity contribution in [3.63, 3.8) is 0 Å². The molecule has 1 aliphatic heterocycles. The van der Waals surface area contributed by atoms with Crippen molar-refractivity contribution in [2.24, 2.45) is 0 Å². The number of nitrogens with zero attached hydrogens (tertiary/aromatic N) is 4. The van der Waals surface area contributed by atoms with Crippen LogP contribution in [0.15, 0.2) is 24.4 Å². The van der Waals surface area contributed by atoms with Crippen molar-refractivity contribution in [1.29, 1.82) is 5.26 Å². The Hall–Kier alpha value is -3.14. The number of amides is 1. The van der Waals surface area contributed by atoms with Crippen LogP contribution < -0.4 is 10.1 Å². The minimum absolute atomic E-state index is 0.0675. The molecule has 4 rings (SSSR count). The minimum atomic E-state index is 0.0675. The van der Waals surface area contributed by atoms with E-state index >= 15 is 0 Å². The number of pyridine rings is 2. The summed E-state index contributed by atoms with van der Waals surface area (Å²) in [7, 11) is 1.58. The molecule has 0 unspecified atom stereocenters. The van der Waals surface area contributed by atoms with Gasteiger partial charge in [0, 0.05) is 24.3 Å². The van der Waals surface area contributed by atoms with Crippen LogP contribution in [-0.4, -0.2) is 33.9 Å². The number of rotatable bonds is 5. The number of aromatic nitrogens is 2. The smallest absolute Gasteiger partial charge is 0.256 e. The van der Waals surface area contributed by atoms with Crippen LogP contribution >= 0.6 is 0 Å². The molecule has 0 aromatic carbocycles. The van der Waals surface area contributed by atoms with Gasteiger partial charge in [-0.05, 0) is 31.0 Å². The van der Waals surface area contributed by atoms with Crippen LogP contribution in [0, 0.1) is 11.3 Å². The predicted octanol–water partition coefficient (Wildman–Crippen LogP) is 2.87. The summed E-state index contributed by atoms with van der Waals surface area (Å²) in [6, 6.07) is 7.63. The molecule has 7 nitrogen and oxygen atoms in total. The van der Waals surface area contributed by atoms with Crippen molar-refractivity contribution in [2.75, 3.05) is 12.4 Å². The monoisotopic (exact) mass is 363 g/mol. The number of carbonyl (C=O) groups excluding carboxylic acids is 1. The molecular weight excluding hydrogens is 342 g/mol. The molecule has 27 heavy (non-hydrogen) atoms. The van der Waals surface area contributed by atoms with Gasteiger partial charge in [0.25, 0.3) is 5.91 Å². The highest BCUT2D eigenvalue weighted by atomic mass is 16.5. The second kappa shape index (κ2) is 7.23. The van der Waals surface area contributed by atoms with Crippen molar-refractivity contribution in [3.05, 3.63) is 46.8 Å². The zero-order chi connectivity index (χ0) is 18.8. The maximum absolute atomic E-state index is 12.9. The minimum Gasteiger partial charge on any atom is -0.481 e. The molecule has 2 aromatic rings. The van der Waals surface area contributed by atoms with Gasteiger partial charge < -0.3 is 15.0 Å². The molecule has 0 bridgehead atoms. The fourth-order valence-corrected chi connectivity index (χ4v) is 3.86. The van der Waals surface area contributed by atoms with Crippen LogP contribution in [0.4, 0.5) is 5.82 Å². The lowest BCUT2D eigenvalue weighted by Crippen LogP contribution is -2.33. The first-order valence-electron chi connectivity index (χ1n) is 9.17. The van der Waals surface area contributed by atoms with Crippen LogP contribution in [0.5, 0.6) is 5.88 Å². The lowest BCUT2D eigenvalue weighted by Gasteiger charge is -2.22. The largest absolute Gasteiger partial charge is 0.481 e. The third-order valence-corrected chi connectivity index (χ3v) is 5.26. The van der Waals surface area contributed by atoms with E-state index in [0.29, 0.717) is 42.0 Å². The number of ether oxygens (including phenoxy) is 1. The number of anilines is 1. The first kappa shape index (κ1) is 17.3. The molecule has 0 radical (unpaired) electrons. The number of fused-ring (bicyclic) bond motifs is 1. The molecule has 2 aromatic heterocycles. The lowest BCUT2D eigenvalue weighted by molar-refractivity contribution is 0.0706. The average molecular weight is 363 g/mol. The highest BCUT2D eigenvalue weighted by Gasteiger charge is 2.35. The van der Waals surface area contributed by atoms with Gasteiger partial charge in [0.05, 0.1) is 36.5 Å². The number of hydrogen-bond donors (Lipinski definition) is 1. The molecular formula is C20H21N5O2. The van der Waals surface area contributed by atoms with Gasteiger partial charge in [0.2, 0.25) is 5.88 Å². The summed E-state index contributed by atoms with van der Waals surface area (Å²) in [6.07, 6.45) is 6.11. The second-order valence-corrected chi connectivity index (χ2v) is 6.92. The third kappa shape index (κ3) is 3.31. The van der Waals surface area contributed by atoms with Crippen molar-refractivity contribution in [2.45, 2.75) is 44.8 Å². The number of hydrogen-bond acceptors (Lipinski definition) is 6. The first-order chi connectivity index (χ1) is 13.2. The molecule has 1 amide bonds. The highest BCUT2D eigenvalue weighted by Crippen LogP contribution is 2.33. The molecule has 1 aliphatic carbocycles. The van der Waals surface area contributed by atoms with E-state index in [9.17, 15) is 4.79 Å². The Balaban J connectivity index is 1.56. The van der Waals surface area contributed by atoms with Crippen molar-refractivity contribution in [3.8, 4) is 11.9 Å². The van der Waals surface area contributed by atoms with Crippen LogP contribution in [0.3, 0.4) is 0 Å². The van der Waals surface area contributed by atoms with E-state index in [-0.39, 0.29) is 5.91 Å². The van der Waals surface area contributed by atoms with Crippen molar-refractivity contribution < 1.29 is 9.53 Å². The molecule has 3 heterocycles. The maximum atomic E-state index is 12.9. The number of methoxy groups -OCH3 is 1. The normalized spacial score (nSPS) is 16.3. The van der Waals surface area contributed by atoms with Crippen LogP contribution in [0.1, 0.15) is 52.9 Å². The zero-order valence-corrected chi connectivity index (χ0v) is 15.2. The van der Waals surface area contributed by atoms with E-state index in [2.05, 4.69) is 21.4 Å². The van der Waals surface area contributed by atoms with Gasteiger partial charge >= 0.3 is 0 Å². The molecule has 0 saturated heterocycles. The Morgan fingerprint density at radius 2 is 2.19 bits per heavy atom. The molecule has 1 fully saturated rings. The molecule has 0 atom stereocenters. The second-order valence-electron chi connectivity index (χ2n) is 6.92. The van der Waals surface area contributed by atoms with E-state index in [1.807, 2.05) is 11.0 Å². The molecule has 2 aliphatic rings. The number of nitriles is 1. The summed E-state index contributed by atoms with van der Waals surface area (Å²) in [6.45, 7) is 0.969. The summed E-state index contributed by atoms with van der Waals surface area (Å²) in [5, 5.41) is 12.2. The molecule has 1 saturated carbocycles. The van der Waals surface area contributed by atoms with E-state index in [1.165, 1.54) is 12.8 Å². The maximum Gasteiger partial charge on any atom is 0.256 e. The van der Waals surface area contributed by atoms with Gasteiger partial charge in [-0.2, -0.15) is 5.26 Å². The van der Waals surface area contributed by atoms with E-state index in [1.54, 1.807) is 25.4 Å². The third-order valence-electron chi connectivity index (χ3n) is 5.26. The summed E-state index contributed by atoms with van der Waals surface area (Å²) in [5.74, 6) is 1.17. The Labute approximate surface area is 158 Å². The Morgan fingerprint density at radius 3 is 2.93 bits per heavy atom. The Bertz CT molecular complexity index is 915. The van der Waals surface area contributed by atoms with Crippen LogP contribution in [-0.2, 0) is 13.1 Å². The van der Waals surface area contributed by atoms with Crippen LogP contribution in [0.25, 0.3) is 0 Å². The average Bonchev–Trinajstić information content (AvgIpc) is 3.34. The number of carbonyl (C=O) groups is 1. The molecule has 1 N–H and O–H groups in total. The van der Waals surface area contributed by atoms with Gasteiger partial charge in [0.1, 0.15) is 5.82 Å². The van der Waals surface area contributed by atoms with Gasteiger partial charge in [-0.3, -0.25) is 4.79 Å². The topological polar surface area (TPSA) is 91.1 Å². The fourth-order valence-electron chi connectivity index (χ4n) is 3.86. The lowest BCUT2D eigenvalue weighted by atomic mass is 10.1. The first-order valence-corrected chi connectivity index (χ1v) is 9.17. The van der Waals surface area contributed by atoms with Gasteiger partial charge in [-0.15, -0.1) is 0 Å². The van der Waals surface area contributed by atoms with Crippen molar-refractivity contribution >= 4 is 11.7 Å². The van der Waals surface area contributed by atoms with E-state index in [0.717, 1.165) is 24.1 Å². The van der Waals surface area contributed by atoms with Crippen molar-refractivity contribution in [1.82, 2.24) is 14.9 Å². The molecule has 0 spiro atoms. The van der Waals surface area contributed by atoms with E-state index < -0.39 is 0 Å². The highest BCUT2D eigenvalue weighted by molar-refractivity contribution is 5.98.